The molecule has 0 bridgehead atoms. The maximum Gasteiger partial charge on any atom is 0.277 e. The van der Waals surface area contributed by atoms with Gasteiger partial charge in [0.05, 0.1) is 5.75 Å². The molecule has 1 aliphatic rings. The Morgan fingerprint density at radius 2 is 2.08 bits per heavy atom. The first-order chi connectivity index (χ1) is 11.5. The maximum absolute atomic E-state index is 12.4. The summed E-state index contributed by atoms with van der Waals surface area (Å²) in [5, 5.41) is 8.52. The number of carbonyl (C=O) groups is 1. The van der Waals surface area contributed by atoms with Gasteiger partial charge in [-0.1, -0.05) is 47.6 Å². The zero-order chi connectivity index (χ0) is 17.1. The second kappa shape index (κ2) is 7.70. The highest BCUT2D eigenvalue weighted by Crippen LogP contribution is 2.26. The normalized spacial score (nSPS) is 21.0. The number of hydrogen-bond acceptors (Lipinski definition) is 5. The lowest BCUT2D eigenvalue weighted by Crippen LogP contribution is -2.43. The first-order valence-electron chi connectivity index (χ1n) is 8.01. The van der Waals surface area contributed by atoms with Gasteiger partial charge in [-0.05, 0) is 36.5 Å². The number of amides is 1. The molecule has 2 heterocycles. The summed E-state index contributed by atoms with van der Waals surface area (Å²) >= 11 is 4.73. The molecule has 1 fully saturated rings. The van der Waals surface area contributed by atoms with Crippen LogP contribution in [0.25, 0.3) is 11.5 Å². The Hall–Kier alpha value is -1.34. The topological polar surface area (TPSA) is 59.2 Å². The molecular weight excluding hydrogens is 390 g/mol. The summed E-state index contributed by atoms with van der Waals surface area (Å²) in [6.07, 6.45) is 1.19. The molecule has 2 unspecified atom stereocenters. The molecule has 7 heteroatoms. The highest BCUT2D eigenvalue weighted by atomic mass is 79.9. The average Bonchev–Trinajstić information content (AvgIpc) is 3.00. The zero-order valence-electron chi connectivity index (χ0n) is 13.7. The second-order valence-electron chi connectivity index (χ2n) is 6.42. The molecule has 1 aliphatic heterocycles. The maximum atomic E-state index is 12.4. The van der Waals surface area contributed by atoms with Gasteiger partial charge in [0.2, 0.25) is 11.8 Å². The van der Waals surface area contributed by atoms with Crippen LogP contribution >= 0.6 is 27.7 Å². The first kappa shape index (κ1) is 17.5. The number of rotatable bonds is 4. The van der Waals surface area contributed by atoms with Gasteiger partial charge in [0.25, 0.3) is 5.22 Å². The third-order valence-corrected chi connectivity index (χ3v) is 5.32. The molecule has 5 nitrogen and oxygen atoms in total. The molecule has 0 N–H and O–H groups in total. The van der Waals surface area contributed by atoms with E-state index >= 15 is 0 Å². The standard InChI is InChI=1S/C17H20BrN3O2S/c1-11-6-12(2)9-21(8-11)15(22)10-24-17-20-19-16(23-17)13-4-3-5-14(18)7-13/h3-5,7,11-12H,6,8-10H2,1-2H3. The van der Waals surface area contributed by atoms with Gasteiger partial charge in [0, 0.05) is 23.1 Å². The number of halogens is 1. The molecule has 0 aliphatic carbocycles. The Labute approximate surface area is 154 Å². The number of piperidine rings is 1. The van der Waals surface area contributed by atoms with E-state index in [2.05, 4.69) is 40.0 Å². The average molecular weight is 410 g/mol. The van der Waals surface area contributed by atoms with Crippen molar-refractivity contribution in [3.8, 4) is 11.5 Å². The molecule has 24 heavy (non-hydrogen) atoms. The summed E-state index contributed by atoms with van der Waals surface area (Å²) in [5.41, 5.74) is 0.855. The molecule has 2 atom stereocenters. The van der Waals surface area contributed by atoms with E-state index in [1.54, 1.807) is 0 Å². The van der Waals surface area contributed by atoms with Crippen LogP contribution in [0.2, 0.25) is 0 Å². The third-order valence-electron chi connectivity index (χ3n) is 4.02. The summed E-state index contributed by atoms with van der Waals surface area (Å²) in [7, 11) is 0. The molecule has 128 valence electrons. The van der Waals surface area contributed by atoms with Gasteiger partial charge in [0.15, 0.2) is 0 Å². The molecule has 0 saturated carbocycles. The van der Waals surface area contributed by atoms with Gasteiger partial charge in [0.1, 0.15) is 0 Å². The quantitative estimate of drug-likeness (QED) is 0.711. The van der Waals surface area contributed by atoms with Crippen LogP contribution in [0.3, 0.4) is 0 Å². The van der Waals surface area contributed by atoms with Crippen LogP contribution in [0.15, 0.2) is 38.4 Å². The smallest absolute Gasteiger partial charge is 0.277 e. The molecule has 0 radical (unpaired) electrons. The highest BCUT2D eigenvalue weighted by Gasteiger charge is 2.25. The predicted octanol–water partition coefficient (Wildman–Crippen LogP) is 4.10. The summed E-state index contributed by atoms with van der Waals surface area (Å²) in [4.78, 5) is 14.3. The lowest BCUT2D eigenvalue weighted by atomic mass is 9.92. The minimum atomic E-state index is 0.139. The summed E-state index contributed by atoms with van der Waals surface area (Å²) < 4.78 is 6.61. The third kappa shape index (κ3) is 4.39. The fourth-order valence-electron chi connectivity index (χ4n) is 3.09. The highest BCUT2D eigenvalue weighted by molar-refractivity contribution is 9.10. The monoisotopic (exact) mass is 409 g/mol. The Morgan fingerprint density at radius 3 is 2.79 bits per heavy atom. The van der Waals surface area contributed by atoms with Crippen LogP contribution in [-0.2, 0) is 4.79 Å². The molecule has 3 rings (SSSR count). The van der Waals surface area contributed by atoms with E-state index in [1.807, 2.05) is 29.2 Å². The van der Waals surface area contributed by atoms with Crippen LogP contribution in [-0.4, -0.2) is 39.8 Å². The number of nitrogens with zero attached hydrogens (tertiary/aromatic N) is 3. The number of benzene rings is 1. The van der Waals surface area contributed by atoms with Gasteiger partial charge in [-0.3, -0.25) is 4.79 Å². The van der Waals surface area contributed by atoms with E-state index in [4.69, 9.17) is 4.42 Å². The number of carbonyl (C=O) groups excluding carboxylic acids is 1. The van der Waals surface area contributed by atoms with Gasteiger partial charge in [-0.25, -0.2) is 0 Å². The van der Waals surface area contributed by atoms with Crippen molar-refractivity contribution < 1.29 is 9.21 Å². The van der Waals surface area contributed by atoms with E-state index in [-0.39, 0.29) is 5.91 Å². The van der Waals surface area contributed by atoms with E-state index in [0.717, 1.165) is 23.1 Å². The van der Waals surface area contributed by atoms with Crippen molar-refractivity contribution >= 4 is 33.6 Å². The summed E-state index contributed by atoms with van der Waals surface area (Å²) in [6, 6.07) is 7.69. The summed E-state index contributed by atoms with van der Waals surface area (Å²) in [6.45, 7) is 6.09. The number of thioether (sulfide) groups is 1. The van der Waals surface area contributed by atoms with Gasteiger partial charge < -0.3 is 9.32 Å². The molecule has 1 saturated heterocycles. The van der Waals surface area contributed by atoms with Crippen molar-refractivity contribution in [1.29, 1.82) is 0 Å². The van der Waals surface area contributed by atoms with E-state index in [0.29, 0.717) is 28.7 Å². The molecular formula is C17H20BrN3O2S. The predicted molar refractivity (Wildman–Crippen MR) is 97.7 cm³/mol. The minimum absolute atomic E-state index is 0.139. The summed E-state index contributed by atoms with van der Waals surface area (Å²) in [5.74, 6) is 2.06. The molecule has 1 amide bonds. The second-order valence-corrected chi connectivity index (χ2v) is 8.26. The lowest BCUT2D eigenvalue weighted by Gasteiger charge is -2.34. The number of likely N-dealkylation sites (tertiary alicyclic amines) is 1. The van der Waals surface area contributed by atoms with Crippen molar-refractivity contribution in [2.24, 2.45) is 11.8 Å². The van der Waals surface area contributed by atoms with E-state index in [1.165, 1.54) is 18.2 Å². The van der Waals surface area contributed by atoms with Gasteiger partial charge in [-0.15, -0.1) is 10.2 Å². The van der Waals surface area contributed by atoms with Crippen molar-refractivity contribution in [2.45, 2.75) is 25.5 Å². The zero-order valence-corrected chi connectivity index (χ0v) is 16.1. The fraction of sp³-hybridized carbons (Fsp3) is 0.471. The molecule has 0 spiro atoms. The van der Waals surface area contributed by atoms with Crippen molar-refractivity contribution in [1.82, 2.24) is 15.1 Å². The Balaban J connectivity index is 1.58. The van der Waals surface area contributed by atoms with E-state index in [9.17, 15) is 4.79 Å². The first-order valence-corrected chi connectivity index (χ1v) is 9.79. The molecule has 1 aromatic heterocycles. The van der Waals surface area contributed by atoms with Gasteiger partial charge >= 0.3 is 0 Å². The van der Waals surface area contributed by atoms with Crippen molar-refractivity contribution in [3.63, 3.8) is 0 Å². The lowest BCUT2D eigenvalue weighted by molar-refractivity contribution is -0.130. The largest absolute Gasteiger partial charge is 0.411 e. The fourth-order valence-corrected chi connectivity index (χ4v) is 4.15. The molecule has 2 aromatic rings. The van der Waals surface area contributed by atoms with Crippen LogP contribution in [0.4, 0.5) is 0 Å². The Bertz CT molecular complexity index is 711. The van der Waals surface area contributed by atoms with Gasteiger partial charge in [-0.2, -0.15) is 0 Å². The Kier molecular flexibility index (Phi) is 5.61. The minimum Gasteiger partial charge on any atom is -0.411 e. The van der Waals surface area contributed by atoms with Crippen LogP contribution in [0, 0.1) is 11.8 Å². The van der Waals surface area contributed by atoms with Crippen LogP contribution in [0.1, 0.15) is 20.3 Å². The Morgan fingerprint density at radius 1 is 1.33 bits per heavy atom. The molecule has 1 aromatic carbocycles. The SMILES string of the molecule is CC1CC(C)CN(C(=O)CSc2nnc(-c3cccc(Br)c3)o2)C1. The van der Waals surface area contributed by atoms with Crippen molar-refractivity contribution in [2.75, 3.05) is 18.8 Å². The number of aromatic nitrogens is 2. The van der Waals surface area contributed by atoms with Crippen molar-refractivity contribution in [3.05, 3.63) is 28.7 Å². The van der Waals surface area contributed by atoms with Crippen LogP contribution in [0.5, 0.6) is 0 Å². The van der Waals surface area contributed by atoms with E-state index < -0.39 is 0 Å². The van der Waals surface area contributed by atoms with Crippen LogP contribution < -0.4 is 0 Å². The number of hydrogen-bond donors (Lipinski definition) is 0.